The molecule has 1 fully saturated rings. The van der Waals surface area contributed by atoms with E-state index in [1.165, 1.54) is 5.06 Å². The predicted molar refractivity (Wildman–Crippen MR) is 54.9 cm³/mol. The van der Waals surface area contributed by atoms with Gasteiger partial charge in [-0.1, -0.05) is 6.07 Å². The Labute approximate surface area is 87.7 Å². The van der Waals surface area contributed by atoms with E-state index in [0.29, 0.717) is 24.9 Å². The first-order valence-corrected chi connectivity index (χ1v) is 5.37. The fourth-order valence-electron chi connectivity index (χ4n) is 2.87. The minimum Gasteiger partial charge on any atom is -0.314 e. The molecule has 1 aromatic rings. The van der Waals surface area contributed by atoms with Crippen LogP contribution < -0.4 is 5.56 Å². The highest BCUT2D eigenvalue weighted by atomic mass is 16.5. The first-order chi connectivity index (χ1) is 7.24. The molecule has 1 N–H and O–H groups in total. The van der Waals surface area contributed by atoms with Crippen LogP contribution >= 0.6 is 0 Å². The van der Waals surface area contributed by atoms with Gasteiger partial charge in [-0.15, -0.1) is 0 Å². The van der Waals surface area contributed by atoms with Crippen LogP contribution in [-0.4, -0.2) is 27.9 Å². The van der Waals surface area contributed by atoms with E-state index in [-0.39, 0.29) is 5.56 Å². The normalized spacial score (nSPS) is 29.9. The number of hydrogen-bond donors (Lipinski definition) is 1. The maximum Gasteiger partial charge on any atom is 0.250 e. The van der Waals surface area contributed by atoms with Crippen molar-refractivity contribution in [2.45, 2.75) is 18.9 Å². The van der Waals surface area contributed by atoms with Gasteiger partial charge in [-0.05, 0) is 18.4 Å². The van der Waals surface area contributed by atoms with Crippen molar-refractivity contribution in [1.82, 2.24) is 9.63 Å². The average Bonchev–Trinajstić information content (AvgIpc) is 2.19. The number of hydrogen-bond acceptors (Lipinski definition) is 3. The van der Waals surface area contributed by atoms with Crippen LogP contribution in [-0.2, 0) is 6.54 Å². The first-order valence-electron chi connectivity index (χ1n) is 5.37. The highest BCUT2D eigenvalue weighted by Gasteiger charge is 2.33. The predicted octanol–water partition coefficient (Wildman–Crippen LogP) is 0.657. The summed E-state index contributed by atoms with van der Waals surface area (Å²) in [6, 6.07) is 5.42. The van der Waals surface area contributed by atoms with E-state index in [4.69, 9.17) is 0 Å². The van der Waals surface area contributed by atoms with Crippen LogP contribution in [0.3, 0.4) is 0 Å². The second-order valence-corrected chi connectivity index (χ2v) is 4.57. The molecule has 4 heteroatoms. The Morgan fingerprint density at radius 2 is 2.13 bits per heavy atom. The van der Waals surface area contributed by atoms with Gasteiger partial charge in [-0.3, -0.25) is 4.79 Å². The van der Waals surface area contributed by atoms with E-state index in [2.05, 4.69) is 0 Å². The maximum atomic E-state index is 11.7. The molecule has 3 rings (SSSR count). The molecule has 0 spiro atoms. The molecule has 3 heterocycles. The largest absolute Gasteiger partial charge is 0.314 e. The molecule has 80 valence electrons. The zero-order valence-electron chi connectivity index (χ0n) is 8.47. The van der Waals surface area contributed by atoms with Gasteiger partial charge in [0.15, 0.2) is 0 Å². The Morgan fingerprint density at radius 1 is 1.27 bits per heavy atom. The summed E-state index contributed by atoms with van der Waals surface area (Å²) in [5, 5.41) is 10.9. The van der Waals surface area contributed by atoms with Crippen LogP contribution in [0.5, 0.6) is 0 Å². The van der Waals surface area contributed by atoms with E-state index in [1.807, 2.05) is 16.7 Å². The van der Waals surface area contributed by atoms with Crippen LogP contribution in [0.25, 0.3) is 0 Å². The van der Waals surface area contributed by atoms with Crippen molar-refractivity contribution in [3.63, 3.8) is 0 Å². The number of hydroxylamine groups is 2. The van der Waals surface area contributed by atoms with E-state index in [9.17, 15) is 10.0 Å². The summed E-state index contributed by atoms with van der Waals surface area (Å²) in [4.78, 5) is 11.7. The lowest BCUT2D eigenvalue weighted by Crippen LogP contribution is -2.45. The van der Waals surface area contributed by atoms with Gasteiger partial charge in [0.25, 0.3) is 5.56 Å². The van der Waals surface area contributed by atoms with Gasteiger partial charge in [0.2, 0.25) is 0 Å². The fourth-order valence-corrected chi connectivity index (χ4v) is 2.87. The SMILES string of the molecule is O=c1cccc2n1C[C@@H]1C[C@@H]2CN(O)C1. The van der Waals surface area contributed by atoms with Gasteiger partial charge in [-0.2, -0.15) is 5.06 Å². The van der Waals surface area contributed by atoms with Crippen molar-refractivity contribution in [3.05, 3.63) is 34.2 Å². The average molecular weight is 206 g/mol. The summed E-state index contributed by atoms with van der Waals surface area (Å²) in [6.07, 6.45) is 1.10. The van der Waals surface area contributed by atoms with Crippen molar-refractivity contribution in [2.75, 3.05) is 13.1 Å². The fraction of sp³-hybridized carbons (Fsp3) is 0.545. The summed E-state index contributed by atoms with van der Waals surface area (Å²) in [6.45, 7) is 2.10. The van der Waals surface area contributed by atoms with Gasteiger partial charge >= 0.3 is 0 Å². The molecule has 0 unspecified atom stereocenters. The van der Waals surface area contributed by atoms with E-state index in [0.717, 1.165) is 18.7 Å². The van der Waals surface area contributed by atoms with Gasteiger partial charge in [-0.25, -0.2) is 0 Å². The molecule has 4 nitrogen and oxygen atoms in total. The Hall–Kier alpha value is -1.13. The molecule has 1 saturated heterocycles. The minimum atomic E-state index is 0.0913. The Balaban J connectivity index is 2.10. The quantitative estimate of drug-likeness (QED) is 0.678. The third-order valence-electron chi connectivity index (χ3n) is 3.46. The topological polar surface area (TPSA) is 45.5 Å². The summed E-state index contributed by atoms with van der Waals surface area (Å²) in [7, 11) is 0. The van der Waals surface area contributed by atoms with Crippen LogP contribution in [0.2, 0.25) is 0 Å². The molecule has 0 amide bonds. The Morgan fingerprint density at radius 3 is 3.00 bits per heavy atom. The lowest BCUT2D eigenvalue weighted by atomic mass is 9.84. The molecule has 2 atom stereocenters. The van der Waals surface area contributed by atoms with E-state index >= 15 is 0 Å². The number of aromatic nitrogens is 1. The van der Waals surface area contributed by atoms with Crippen molar-refractivity contribution in [2.24, 2.45) is 5.92 Å². The summed E-state index contributed by atoms with van der Waals surface area (Å²) in [5.74, 6) is 0.734. The smallest absolute Gasteiger partial charge is 0.250 e. The Kier molecular flexibility index (Phi) is 1.94. The van der Waals surface area contributed by atoms with Crippen LogP contribution in [0.4, 0.5) is 0 Å². The first kappa shape index (κ1) is 9.12. The lowest BCUT2D eigenvalue weighted by molar-refractivity contribution is -0.129. The monoisotopic (exact) mass is 206 g/mol. The van der Waals surface area contributed by atoms with Crippen LogP contribution in [0.15, 0.2) is 23.0 Å². The molecule has 1 aromatic heterocycles. The number of nitrogens with zero attached hydrogens (tertiary/aromatic N) is 2. The van der Waals surface area contributed by atoms with Gasteiger partial charge in [0.1, 0.15) is 0 Å². The standard InChI is InChI=1S/C11H14N2O2/c14-11-3-1-2-10-9-4-8(6-13(10)11)5-12(15)7-9/h1-3,8-9,15H,4-7H2/t8-,9-/m1/s1. The molecule has 0 radical (unpaired) electrons. The van der Waals surface area contributed by atoms with Crippen molar-refractivity contribution in [3.8, 4) is 0 Å². The second-order valence-electron chi connectivity index (χ2n) is 4.57. The third kappa shape index (κ3) is 1.41. The molecular weight excluding hydrogens is 192 g/mol. The molecule has 2 bridgehead atoms. The summed E-state index contributed by atoms with van der Waals surface area (Å²) >= 11 is 0. The number of fused-ring (bicyclic) bond motifs is 4. The molecule has 0 aromatic carbocycles. The lowest BCUT2D eigenvalue weighted by Gasteiger charge is -2.40. The van der Waals surface area contributed by atoms with Gasteiger partial charge in [0, 0.05) is 37.3 Å². The zero-order chi connectivity index (χ0) is 10.4. The third-order valence-corrected chi connectivity index (χ3v) is 3.46. The maximum absolute atomic E-state index is 11.7. The van der Waals surface area contributed by atoms with Crippen molar-refractivity contribution >= 4 is 0 Å². The van der Waals surface area contributed by atoms with Crippen LogP contribution in [0.1, 0.15) is 18.0 Å². The van der Waals surface area contributed by atoms with E-state index < -0.39 is 0 Å². The second kappa shape index (κ2) is 3.18. The molecule has 0 aliphatic carbocycles. The minimum absolute atomic E-state index is 0.0913. The van der Waals surface area contributed by atoms with Crippen LogP contribution in [0, 0.1) is 5.92 Å². The zero-order valence-corrected chi connectivity index (χ0v) is 8.47. The highest BCUT2D eigenvalue weighted by Crippen LogP contribution is 2.33. The van der Waals surface area contributed by atoms with Crippen molar-refractivity contribution < 1.29 is 5.21 Å². The van der Waals surface area contributed by atoms with Gasteiger partial charge in [0.05, 0.1) is 0 Å². The Bertz CT molecular complexity index is 440. The molecule has 0 saturated carbocycles. The molecule has 2 aliphatic heterocycles. The number of piperidine rings is 1. The van der Waals surface area contributed by atoms with Crippen molar-refractivity contribution in [1.29, 1.82) is 0 Å². The molecular formula is C11H14N2O2. The van der Waals surface area contributed by atoms with E-state index in [1.54, 1.807) is 6.07 Å². The molecule has 2 aliphatic rings. The summed E-state index contributed by atoms with van der Waals surface area (Å²) < 4.78 is 1.87. The van der Waals surface area contributed by atoms with Gasteiger partial charge < -0.3 is 9.77 Å². The highest BCUT2D eigenvalue weighted by molar-refractivity contribution is 5.16. The number of rotatable bonds is 0. The summed E-state index contributed by atoms with van der Waals surface area (Å²) in [5.41, 5.74) is 1.17. The number of pyridine rings is 1. The molecule has 15 heavy (non-hydrogen) atoms.